The van der Waals surface area contributed by atoms with E-state index in [1.807, 2.05) is 23.5 Å². The standard InChI is InChI=1S/C21H24N2S2/c1-15-4-6-20-16(12-15)13-19(23-10-8-22(2)9-11-23)18-14-17(24-3)5-7-21(18)25-20/h4-7,12-14H,8-11H2,1-3H3. The number of rotatable bonds is 2. The highest BCUT2D eigenvalue weighted by Gasteiger charge is 2.23. The molecule has 1 saturated heterocycles. The molecule has 2 heterocycles. The molecule has 0 aromatic heterocycles. The maximum absolute atomic E-state index is 2.57. The second-order valence-electron chi connectivity index (χ2n) is 6.83. The Morgan fingerprint density at radius 2 is 1.72 bits per heavy atom. The van der Waals surface area contributed by atoms with Gasteiger partial charge >= 0.3 is 0 Å². The quantitative estimate of drug-likeness (QED) is 0.693. The van der Waals surface area contributed by atoms with E-state index in [-0.39, 0.29) is 0 Å². The first kappa shape index (κ1) is 17.1. The number of likely N-dealkylation sites (N-methyl/N-ethyl adjacent to an activating group) is 1. The lowest BCUT2D eigenvalue weighted by molar-refractivity contribution is 0.207. The van der Waals surface area contributed by atoms with E-state index >= 15 is 0 Å². The van der Waals surface area contributed by atoms with Gasteiger partial charge in [-0.25, -0.2) is 0 Å². The number of benzene rings is 2. The van der Waals surface area contributed by atoms with Crippen molar-refractivity contribution in [3.05, 3.63) is 53.1 Å². The van der Waals surface area contributed by atoms with Crippen LogP contribution in [-0.2, 0) is 0 Å². The Morgan fingerprint density at radius 1 is 0.960 bits per heavy atom. The molecule has 2 aliphatic rings. The number of hydrogen-bond acceptors (Lipinski definition) is 4. The lowest BCUT2D eigenvalue weighted by atomic mass is 10.0. The molecule has 2 aromatic carbocycles. The lowest BCUT2D eigenvalue weighted by Gasteiger charge is -2.36. The van der Waals surface area contributed by atoms with Crippen molar-refractivity contribution in [2.75, 3.05) is 39.5 Å². The van der Waals surface area contributed by atoms with Crippen LogP contribution in [-0.4, -0.2) is 49.3 Å². The molecule has 4 rings (SSSR count). The van der Waals surface area contributed by atoms with Gasteiger partial charge in [-0.2, -0.15) is 0 Å². The maximum atomic E-state index is 2.57. The summed E-state index contributed by atoms with van der Waals surface area (Å²) in [5.74, 6) is 0. The van der Waals surface area contributed by atoms with Crippen molar-refractivity contribution in [2.24, 2.45) is 0 Å². The summed E-state index contributed by atoms with van der Waals surface area (Å²) in [4.78, 5) is 9.04. The first-order chi connectivity index (χ1) is 12.1. The molecule has 25 heavy (non-hydrogen) atoms. The molecular weight excluding hydrogens is 344 g/mol. The fraction of sp³-hybridized carbons (Fsp3) is 0.333. The molecule has 0 aliphatic carbocycles. The van der Waals surface area contributed by atoms with Crippen molar-refractivity contribution in [3.8, 4) is 0 Å². The van der Waals surface area contributed by atoms with E-state index in [1.165, 1.54) is 37.1 Å². The summed E-state index contributed by atoms with van der Waals surface area (Å²) in [5.41, 5.74) is 5.44. The van der Waals surface area contributed by atoms with Gasteiger partial charge in [0.05, 0.1) is 0 Å². The number of thioether (sulfide) groups is 1. The third kappa shape index (κ3) is 3.48. The monoisotopic (exact) mass is 368 g/mol. The van der Waals surface area contributed by atoms with E-state index in [1.54, 1.807) is 0 Å². The van der Waals surface area contributed by atoms with E-state index in [2.05, 4.69) is 72.5 Å². The fourth-order valence-electron chi connectivity index (χ4n) is 3.45. The molecule has 130 valence electrons. The van der Waals surface area contributed by atoms with E-state index in [0.717, 1.165) is 26.2 Å². The summed E-state index contributed by atoms with van der Waals surface area (Å²) in [6.45, 7) is 6.62. The highest BCUT2D eigenvalue weighted by Crippen LogP contribution is 2.43. The number of hydrogen-bond donors (Lipinski definition) is 0. The van der Waals surface area contributed by atoms with E-state index in [0.29, 0.717) is 0 Å². The zero-order valence-electron chi connectivity index (χ0n) is 15.1. The molecule has 0 amide bonds. The molecule has 2 aromatic rings. The molecule has 2 nitrogen and oxygen atoms in total. The molecule has 0 radical (unpaired) electrons. The van der Waals surface area contributed by atoms with Gasteiger partial charge in [0.2, 0.25) is 0 Å². The maximum Gasteiger partial charge on any atom is 0.0459 e. The normalized spacial score (nSPS) is 17.6. The predicted octanol–water partition coefficient (Wildman–Crippen LogP) is 4.93. The summed E-state index contributed by atoms with van der Waals surface area (Å²) < 4.78 is 0. The van der Waals surface area contributed by atoms with Gasteiger partial charge in [-0.15, -0.1) is 11.8 Å². The van der Waals surface area contributed by atoms with Crippen LogP contribution in [0.4, 0.5) is 0 Å². The van der Waals surface area contributed by atoms with Crippen LogP contribution >= 0.6 is 23.5 Å². The Kier molecular flexibility index (Phi) is 4.85. The third-order valence-corrected chi connectivity index (χ3v) is 6.88. The van der Waals surface area contributed by atoms with Crippen LogP contribution < -0.4 is 0 Å². The van der Waals surface area contributed by atoms with Crippen LogP contribution in [0, 0.1) is 6.92 Å². The first-order valence-corrected chi connectivity index (χ1v) is 10.8. The molecule has 4 heteroatoms. The summed E-state index contributed by atoms with van der Waals surface area (Å²) in [6.07, 6.45) is 4.57. The van der Waals surface area contributed by atoms with E-state index in [4.69, 9.17) is 0 Å². The Morgan fingerprint density at radius 3 is 2.48 bits per heavy atom. The first-order valence-electron chi connectivity index (χ1n) is 8.76. The second kappa shape index (κ2) is 7.10. The molecule has 0 atom stereocenters. The van der Waals surface area contributed by atoms with Gasteiger partial charge in [-0.1, -0.05) is 29.5 Å². The number of nitrogens with zero attached hydrogens (tertiary/aromatic N) is 2. The molecule has 2 aliphatic heterocycles. The molecule has 0 bridgehead atoms. The summed E-state index contributed by atoms with van der Waals surface area (Å²) in [6, 6.07) is 13.7. The van der Waals surface area contributed by atoms with Crippen LogP contribution in [0.1, 0.15) is 16.7 Å². The second-order valence-corrected chi connectivity index (χ2v) is 8.79. The van der Waals surface area contributed by atoms with Gasteiger partial charge in [0.25, 0.3) is 0 Å². The molecule has 1 fully saturated rings. The van der Waals surface area contributed by atoms with Crippen molar-refractivity contribution >= 4 is 35.3 Å². The van der Waals surface area contributed by atoms with Gasteiger partial charge in [-0.05, 0) is 56.1 Å². The summed E-state index contributed by atoms with van der Waals surface area (Å²) in [5, 5.41) is 0. The molecule has 0 saturated carbocycles. The van der Waals surface area contributed by atoms with Crippen molar-refractivity contribution < 1.29 is 0 Å². The Hall–Kier alpha value is -1.36. The number of piperazine rings is 1. The van der Waals surface area contributed by atoms with Crippen molar-refractivity contribution in [1.29, 1.82) is 0 Å². The number of aryl methyl sites for hydroxylation is 1. The van der Waals surface area contributed by atoms with E-state index < -0.39 is 0 Å². The SMILES string of the molecule is CSc1ccc2c(c1)C(N1CCN(C)CC1)=Cc1cc(C)ccc1S2. The Balaban J connectivity index is 1.85. The lowest BCUT2D eigenvalue weighted by Crippen LogP contribution is -2.43. The average Bonchev–Trinajstić information content (AvgIpc) is 2.78. The summed E-state index contributed by atoms with van der Waals surface area (Å²) >= 11 is 3.72. The Labute approximate surface area is 159 Å². The van der Waals surface area contributed by atoms with Crippen LogP contribution in [0.2, 0.25) is 0 Å². The van der Waals surface area contributed by atoms with Crippen molar-refractivity contribution in [3.63, 3.8) is 0 Å². The minimum Gasteiger partial charge on any atom is -0.368 e. The van der Waals surface area contributed by atoms with Crippen LogP contribution in [0.5, 0.6) is 0 Å². The zero-order chi connectivity index (χ0) is 17.4. The van der Waals surface area contributed by atoms with E-state index in [9.17, 15) is 0 Å². The molecular formula is C21H24N2S2. The number of fused-ring (bicyclic) bond motifs is 2. The molecule has 0 unspecified atom stereocenters. The van der Waals surface area contributed by atoms with Gasteiger partial charge < -0.3 is 9.80 Å². The third-order valence-electron chi connectivity index (χ3n) is 4.98. The van der Waals surface area contributed by atoms with Gasteiger partial charge in [-0.3, -0.25) is 0 Å². The van der Waals surface area contributed by atoms with Crippen LogP contribution in [0.25, 0.3) is 11.8 Å². The summed E-state index contributed by atoms with van der Waals surface area (Å²) in [7, 11) is 2.22. The van der Waals surface area contributed by atoms with Crippen LogP contribution in [0.15, 0.2) is 51.1 Å². The van der Waals surface area contributed by atoms with Crippen LogP contribution in [0.3, 0.4) is 0 Å². The smallest absolute Gasteiger partial charge is 0.0459 e. The van der Waals surface area contributed by atoms with Gasteiger partial charge in [0.15, 0.2) is 0 Å². The topological polar surface area (TPSA) is 6.48 Å². The largest absolute Gasteiger partial charge is 0.368 e. The minimum absolute atomic E-state index is 1.09. The molecule has 0 spiro atoms. The Bertz CT molecular complexity index is 821. The predicted molar refractivity (Wildman–Crippen MR) is 110 cm³/mol. The molecule has 0 N–H and O–H groups in total. The zero-order valence-corrected chi connectivity index (χ0v) is 16.7. The van der Waals surface area contributed by atoms with Gasteiger partial charge in [0, 0.05) is 52.1 Å². The van der Waals surface area contributed by atoms with Gasteiger partial charge in [0.1, 0.15) is 0 Å². The minimum atomic E-state index is 1.09. The average molecular weight is 369 g/mol. The highest BCUT2D eigenvalue weighted by molar-refractivity contribution is 7.99. The fourth-order valence-corrected chi connectivity index (χ4v) is 4.91. The van der Waals surface area contributed by atoms with Crippen molar-refractivity contribution in [1.82, 2.24) is 9.80 Å². The van der Waals surface area contributed by atoms with Crippen molar-refractivity contribution in [2.45, 2.75) is 21.6 Å². The highest BCUT2D eigenvalue weighted by atomic mass is 32.2.